The molecule has 4 nitrogen and oxygen atoms in total. The zero-order chi connectivity index (χ0) is 15.8. The predicted octanol–water partition coefficient (Wildman–Crippen LogP) is 3.23. The van der Waals surface area contributed by atoms with Gasteiger partial charge in [0, 0.05) is 12.6 Å². The van der Waals surface area contributed by atoms with E-state index in [0.717, 1.165) is 12.0 Å². The maximum atomic E-state index is 11.6. The summed E-state index contributed by atoms with van der Waals surface area (Å²) in [5.41, 5.74) is 7.38. The fraction of sp³-hybridized carbons (Fsp3) is 0.471. The summed E-state index contributed by atoms with van der Waals surface area (Å²) in [4.78, 5) is 11.6. The molecule has 1 aromatic rings. The van der Waals surface area contributed by atoms with Crippen molar-refractivity contribution in [2.75, 3.05) is 12.3 Å². The summed E-state index contributed by atoms with van der Waals surface area (Å²) in [7, 11) is 0. The molecule has 0 heterocycles. The van der Waals surface area contributed by atoms with Crippen LogP contribution in [0.25, 0.3) is 6.08 Å². The van der Waals surface area contributed by atoms with Crippen molar-refractivity contribution in [3.63, 3.8) is 0 Å². The lowest BCUT2D eigenvalue weighted by molar-refractivity contribution is -0.116. The molecule has 1 aromatic carbocycles. The number of carbonyl (C=O) groups excluding carboxylic acids is 1. The molecule has 0 saturated carbocycles. The molecule has 0 radical (unpaired) electrons. The highest BCUT2D eigenvalue weighted by molar-refractivity contribution is 5.91. The molecule has 1 amide bonds. The Hall–Kier alpha value is -1.97. The van der Waals surface area contributed by atoms with Crippen LogP contribution in [0.5, 0.6) is 5.75 Å². The molecule has 3 N–H and O–H groups in total. The number of hydrogen-bond acceptors (Lipinski definition) is 3. The molecule has 0 aromatic heterocycles. The van der Waals surface area contributed by atoms with Gasteiger partial charge in [-0.25, -0.2) is 0 Å². The Balaban J connectivity index is 2.56. The van der Waals surface area contributed by atoms with E-state index >= 15 is 0 Å². The van der Waals surface area contributed by atoms with Gasteiger partial charge in [-0.15, -0.1) is 0 Å². The highest BCUT2D eigenvalue weighted by Crippen LogP contribution is 2.24. The molecular formula is C17H26N2O2. The van der Waals surface area contributed by atoms with Crippen molar-refractivity contribution < 1.29 is 9.53 Å². The first-order valence-corrected chi connectivity index (χ1v) is 7.40. The van der Waals surface area contributed by atoms with E-state index in [0.29, 0.717) is 23.9 Å². The average molecular weight is 290 g/mol. The predicted molar refractivity (Wildman–Crippen MR) is 88.1 cm³/mol. The third-order valence-corrected chi connectivity index (χ3v) is 2.84. The quantitative estimate of drug-likeness (QED) is 0.598. The van der Waals surface area contributed by atoms with Gasteiger partial charge >= 0.3 is 0 Å². The molecule has 0 spiro atoms. The number of ether oxygens (including phenoxy) is 1. The monoisotopic (exact) mass is 290 g/mol. The van der Waals surface area contributed by atoms with Crippen LogP contribution in [0.2, 0.25) is 0 Å². The number of nitrogens with one attached hydrogen (secondary N) is 1. The molecule has 0 bridgehead atoms. The first-order chi connectivity index (χ1) is 9.88. The normalized spacial score (nSPS) is 11.3. The molecule has 0 aliphatic rings. The minimum atomic E-state index is -0.0864. The Kier molecular flexibility index (Phi) is 6.79. The summed E-state index contributed by atoms with van der Waals surface area (Å²) in [5.74, 6) is 1.17. The fourth-order valence-electron chi connectivity index (χ4n) is 1.75. The van der Waals surface area contributed by atoms with Gasteiger partial charge in [0.1, 0.15) is 5.75 Å². The molecule has 0 aliphatic heterocycles. The van der Waals surface area contributed by atoms with Gasteiger partial charge in [-0.05, 0) is 50.0 Å². The van der Waals surface area contributed by atoms with E-state index in [-0.39, 0.29) is 12.0 Å². The lowest BCUT2D eigenvalue weighted by Crippen LogP contribution is -2.23. The first-order valence-electron chi connectivity index (χ1n) is 7.40. The molecule has 116 valence electrons. The third-order valence-electron chi connectivity index (χ3n) is 2.84. The lowest BCUT2D eigenvalue weighted by Gasteiger charge is -2.12. The van der Waals surface area contributed by atoms with E-state index in [2.05, 4.69) is 19.2 Å². The Morgan fingerprint density at radius 3 is 2.62 bits per heavy atom. The van der Waals surface area contributed by atoms with Crippen LogP contribution >= 0.6 is 0 Å². The Morgan fingerprint density at radius 2 is 2.05 bits per heavy atom. The second-order valence-corrected chi connectivity index (χ2v) is 5.77. The topological polar surface area (TPSA) is 64.3 Å². The van der Waals surface area contributed by atoms with Crippen molar-refractivity contribution >= 4 is 17.7 Å². The van der Waals surface area contributed by atoms with Gasteiger partial charge in [0.25, 0.3) is 0 Å². The van der Waals surface area contributed by atoms with Crippen LogP contribution in [0.1, 0.15) is 39.7 Å². The van der Waals surface area contributed by atoms with E-state index in [1.54, 1.807) is 12.1 Å². The van der Waals surface area contributed by atoms with Crippen LogP contribution < -0.4 is 15.8 Å². The number of carbonyl (C=O) groups is 1. The van der Waals surface area contributed by atoms with Crippen LogP contribution in [-0.4, -0.2) is 18.6 Å². The number of hydrogen-bond donors (Lipinski definition) is 2. The standard InChI is InChI=1S/C17H26N2O2/c1-12(2)9-10-19-17(20)8-6-14-5-7-16(15(18)11-14)21-13(3)4/h5-8,11-13H,9-10,18H2,1-4H3,(H,19,20)/b8-6-. The van der Waals surface area contributed by atoms with Gasteiger partial charge < -0.3 is 15.8 Å². The number of amides is 1. The Morgan fingerprint density at radius 1 is 1.33 bits per heavy atom. The van der Waals surface area contributed by atoms with Crippen LogP contribution in [0, 0.1) is 5.92 Å². The van der Waals surface area contributed by atoms with Crippen molar-refractivity contribution in [2.24, 2.45) is 5.92 Å². The smallest absolute Gasteiger partial charge is 0.243 e. The molecule has 21 heavy (non-hydrogen) atoms. The van der Waals surface area contributed by atoms with Crippen LogP contribution in [0.3, 0.4) is 0 Å². The molecule has 1 rings (SSSR count). The van der Waals surface area contributed by atoms with E-state index < -0.39 is 0 Å². The molecule has 0 atom stereocenters. The van der Waals surface area contributed by atoms with Crippen molar-refractivity contribution in [3.8, 4) is 5.75 Å². The molecule has 0 saturated heterocycles. The molecule has 0 fully saturated rings. The summed E-state index contributed by atoms with van der Waals surface area (Å²) in [5, 5.41) is 2.85. The van der Waals surface area contributed by atoms with Crippen LogP contribution in [0.15, 0.2) is 24.3 Å². The Labute approximate surface area is 127 Å². The van der Waals surface area contributed by atoms with Gasteiger partial charge in [-0.1, -0.05) is 19.9 Å². The van der Waals surface area contributed by atoms with Gasteiger partial charge in [0.05, 0.1) is 11.8 Å². The minimum Gasteiger partial charge on any atom is -0.489 e. The number of rotatable bonds is 7. The number of nitrogen functional groups attached to an aromatic ring is 1. The van der Waals surface area contributed by atoms with Gasteiger partial charge in [0.2, 0.25) is 5.91 Å². The molecule has 4 heteroatoms. The lowest BCUT2D eigenvalue weighted by atomic mass is 10.1. The minimum absolute atomic E-state index is 0.0837. The number of anilines is 1. The zero-order valence-corrected chi connectivity index (χ0v) is 13.3. The maximum absolute atomic E-state index is 11.6. The van der Waals surface area contributed by atoms with Gasteiger partial charge in [-0.3, -0.25) is 4.79 Å². The van der Waals surface area contributed by atoms with E-state index in [4.69, 9.17) is 10.5 Å². The second kappa shape index (κ2) is 8.35. The third kappa shape index (κ3) is 6.84. The van der Waals surface area contributed by atoms with Crippen LogP contribution in [0.4, 0.5) is 5.69 Å². The van der Waals surface area contributed by atoms with Crippen LogP contribution in [-0.2, 0) is 4.79 Å². The highest BCUT2D eigenvalue weighted by atomic mass is 16.5. The van der Waals surface area contributed by atoms with Crippen molar-refractivity contribution in [2.45, 2.75) is 40.2 Å². The average Bonchev–Trinajstić information content (AvgIpc) is 2.38. The van der Waals surface area contributed by atoms with E-state index in [1.807, 2.05) is 26.0 Å². The summed E-state index contributed by atoms with van der Waals surface area (Å²) >= 11 is 0. The van der Waals surface area contributed by atoms with Gasteiger partial charge in [0.15, 0.2) is 0 Å². The number of benzene rings is 1. The summed E-state index contributed by atoms with van der Waals surface area (Å²) < 4.78 is 5.57. The fourth-order valence-corrected chi connectivity index (χ4v) is 1.75. The highest BCUT2D eigenvalue weighted by Gasteiger charge is 2.03. The molecule has 0 aliphatic carbocycles. The van der Waals surface area contributed by atoms with Crippen molar-refractivity contribution in [1.29, 1.82) is 0 Å². The second-order valence-electron chi connectivity index (χ2n) is 5.77. The maximum Gasteiger partial charge on any atom is 0.243 e. The zero-order valence-electron chi connectivity index (χ0n) is 13.3. The SMILES string of the molecule is CC(C)CCNC(=O)/C=C\c1ccc(OC(C)C)c(N)c1. The van der Waals surface area contributed by atoms with Crippen molar-refractivity contribution in [1.82, 2.24) is 5.32 Å². The van der Waals surface area contributed by atoms with Gasteiger partial charge in [-0.2, -0.15) is 0 Å². The summed E-state index contributed by atoms with van der Waals surface area (Å²) in [6.07, 6.45) is 4.34. The number of nitrogens with two attached hydrogens (primary N) is 1. The van der Waals surface area contributed by atoms with Crippen molar-refractivity contribution in [3.05, 3.63) is 29.8 Å². The first kappa shape index (κ1) is 17.1. The largest absolute Gasteiger partial charge is 0.489 e. The summed E-state index contributed by atoms with van der Waals surface area (Å²) in [6.45, 7) is 8.87. The molecule has 0 unspecified atom stereocenters. The van der Waals surface area contributed by atoms with E-state index in [9.17, 15) is 4.79 Å². The van der Waals surface area contributed by atoms with E-state index in [1.165, 1.54) is 6.08 Å². The molecular weight excluding hydrogens is 264 g/mol. The summed E-state index contributed by atoms with van der Waals surface area (Å²) in [6, 6.07) is 5.51. The Bertz CT molecular complexity index is 494.